The first-order chi connectivity index (χ1) is 10.2. The monoisotopic (exact) mass is 310 g/mol. The van der Waals surface area contributed by atoms with Gasteiger partial charge in [-0.15, -0.1) is 0 Å². The summed E-state index contributed by atoms with van der Waals surface area (Å²) in [5, 5.41) is 5.97. The van der Waals surface area contributed by atoms with Crippen molar-refractivity contribution in [1.82, 2.24) is 0 Å². The van der Waals surface area contributed by atoms with Gasteiger partial charge in [0, 0.05) is 25.6 Å². The highest BCUT2D eigenvalue weighted by Crippen LogP contribution is 2.18. The van der Waals surface area contributed by atoms with Crippen molar-refractivity contribution in [2.45, 2.75) is 45.6 Å². The Balaban J connectivity index is 2.68. The van der Waals surface area contributed by atoms with Crippen LogP contribution < -0.4 is 10.6 Å². The molecule has 0 aliphatic heterocycles. The van der Waals surface area contributed by atoms with Gasteiger partial charge < -0.3 is 19.5 Å². The number of anilines is 2. The molecule has 0 bridgehead atoms. The molecule has 0 heterocycles. The van der Waals surface area contributed by atoms with Gasteiger partial charge in [0.2, 0.25) is 0 Å². The first-order valence-corrected chi connectivity index (χ1v) is 7.17. The van der Waals surface area contributed by atoms with E-state index in [1.165, 1.54) is 0 Å². The molecule has 0 saturated carbocycles. The van der Waals surface area contributed by atoms with Crippen LogP contribution in [0.3, 0.4) is 0 Å². The van der Waals surface area contributed by atoms with Crippen LogP contribution in [0.15, 0.2) is 24.3 Å². The second-order valence-corrected chi connectivity index (χ2v) is 5.98. The number of ether oxygens (including phenoxy) is 3. The second-order valence-electron chi connectivity index (χ2n) is 5.98. The van der Waals surface area contributed by atoms with Crippen molar-refractivity contribution in [3.05, 3.63) is 24.3 Å². The number of methoxy groups -OCH3 is 2. The molecule has 0 spiro atoms. The van der Waals surface area contributed by atoms with E-state index >= 15 is 0 Å². The van der Waals surface area contributed by atoms with Crippen LogP contribution in [0.25, 0.3) is 0 Å². The summed E-state index contributed by atoms with van der Waals surface area (Å²) in [7, 11) is 3.18. The molecule has 1 amide bonds. The minimum absolute atomic E-state index is 0.0493. The zero-order valence-electron chi connectivity index (χ0n) is 14.1. The van der Waals surface area contributed by atoms with E-state index in [9.17, 15) is 4.79 Å². The minimum Gasteiger partial charge on any atom is -0.444 e. The summed E-state index contributed by atoms with van der Waals surface area (Å²) in [4.78, 5) is 11.8. The molecule has 124 valence electrons. The summed E-state index contributed by atoms with van der Waals surface area (Å²) < 4.78 is 15.6. The zero-order chi connectivity index (χ0) is 16.8. The summed E-state index contributed by atoms with van der Waals surface area (Å²) in [5.74, 6) is 0. The van der Waals surface area contributed by atoms with Crippen molar-refractivity contribution in [2.24, 2.45) is 0 Å². The fourth-order valence-corrected chi connectivity index (χ4v) is 1.94. The van der Waals surface area contributed by atoms with E-state index < -0.39 is 11.7 Å². The lowest BCUT2D eigenvalue weighted by atomic mass is 10.2. The normalized spacial score (nSPS) is 12.9. The van der Waals surface area contributed by atoms with E-state index in [4.69, 9.17) is 14.2 Å². The van der Waals surface area contributed by atoms with Gasteiger partial charge in [-0.3, -0.25) is 5.32 Å². The molecule has 6 nitrogen and oxygen atoms in total. The molecule has 0 saturated heterocycles. The molecule has 1 atom stereocenters. The van der Waals surface area contributed by atoms with Crippen molar-refractivity contribution >= 4 is 17.5 Å². The predicted octanol–water partition coefficient (Wildman–Crippen LogP) is 3.45. The van der Waals surface area contributed by atoms with E-state index in [1.807, 2.05) is 45.9 Å². The Morgan fingerprint density at radius 2 is 1.73 bits per heavy atom. The van der Waals surface area contributed by atoms with Gasteiger partial charge in [0.05, 0.1) is 6.04 Å². The number of hydrogen-bond donors (Lipinski definition) is 2. The Kier molecular flexibility index (Phi) is 6.64. The van der Waals surface area contributed by atoms with Gasteiger partial charge in [-0.05, 0) is 45.9 Å². The van der Waals surface area contributed by atoms with Gasteiger partial charge in [-0.2, -0.15) is 0 Å². The number of amides is 1. The SMILES string of the molecule is COC(OC)C(C)Nc1cccc(NC(=O)OC(C)(C)C)c1. The largest absolute Gasteiger partial charge is 0.444 e. The van der Waals surface area contributed by atoms with Crippen molar-refractivity contribution in [3.8, 4) is 0 Å². The number of benzene rings is 1. The highest BCUT2D eigenvalue weighted by molar-refractivity contribution is 5.85. The number of nitrogens with one attached hydrogen (secondary N) is 2. The number of carbonyl (C=O) groups is 1. The van der Waals surface area contributed by atoms with Gasteiger partial charge in [0.25, 0.3) is 0 Å². The van der Waals surface area contributed by atoms with E-state index in [0.717, 1.165) is 5.69 Å². The number of carbonyl (C=O) groups excluding carboxylic acids is 1. The van der Waals surface area contributed by atoms with Crippen molar-refractivity contribution in [2.75, 3.05) is 24.9 Å². The van der Waals surface area contributed by atoms with Crippen LogP contribution in [0.2, 0.25) is 0 Å². The fraction of sp³-hybridized carbons (Fsp3) is 0.562. The van der Waals surface area contributed by atoms with Gasteiger partial charge in [-0.1, -0.05) is 6.07 Å². The van der Waals surface area contributed by atoms with Crippen LogP contribution in [-0.2, 0) is 14.2 Å². The van der Waals surface area contributed by atoms with E-state index in [0.29, 0.717) is 5.69 Å². The molecule has 1 rings (SSSR count). The Bertz CT molecular complexity index is 481. The highest BCUT2D eigenvalue weighted by atomic mass is 16.7. The quantitative estimate of drug-likeness (QED) is 0.788. The Hall–Kier alpha value is -1.79. The smallest absolute Gasteiger partial charge is 0.412 e. The van der Waals surface area contributed by atoms with E-state index in [2.05, 4.69) is 10.6 Å². The third-order valence-electron chi connectivity index (χ3n) is 2.78. The molecule has 1 aromatic rings. The maximum atomic E-state index is 11.8. The molecule has 0 aliphatic rings. The molecule has 0 aromatic heterocycles. The molecular weight excluding hydrogens is 284 g/mol. The van der Waals surface area contributed by atoms with Gasteiger partial charge >= 0.3 is 6.09 Å². The summed E-state index contributed by atoms with van der Waals surface area (Å²) in [5.41, 5.74) is 0.969. The van der Waals surface area contributed by atoms with Crippen molar-refractivity contribution in [1.29, 1.82) is 0 Å². The van der Waals surface area contributed by atoms with Crippen LogP contribution in [0, 0.1) is 0 Å². The third kappa shape index (κ3) is 6.32. The molecule has 22 heavy (non-hydrogen) atoms. The molecule has 0 aliphatic carbocycles. The lowest BCUT2D eigenvalue weighted by molar-refractivity contribution is -0.109. The van der Waals surface area contributed by atoms with Crippen LogP contribution in [-0.4, -0.2) is 38.2 Å². The van der Waals surface area contributed by atoms with E-state index in [1.54, 1.807) is 20.3 Å². The molecule has 1 aromatic carbocycles. The van der Waals surface area contributed by atoms with Crippen molar-refractivity contribution < 1.29 is 19.0 Å². The third-order valence-corrected chi connectivity index (χ3v) is 2.78. The van der Waals surface area contributed by atoms with E-state index in [-0.39, 0.29) is 12.3 Å². The Morgan fingerprint density at radius 3 is 2.27 bits per heavy atom. The Labute approximate surface area is 132 Å². The summed E-state index contributed by atoms with van der Waals surface area (Å²) in [6.45, 7) is 7.41. The first-order valence-electron chi connectivity index (χ1n) is 7.17. The number of hydrogen-bond acceptors (Lipinski definition) is 5. The lowest BCUT2D eigenvalue weighted by Crippen LogP contribution is -2.33. The molecule has 2 N–H and O–H groups in total. The van der Waals surface area contributed by atoms with Gasteiger partial charge in [-0.25, -0.2) is 4.79 Å². The molecule has 6 heteroatoms. The standard InChI is InChI=1S/C16H26N2O4/c1-11(14(20-5)21-6)17-12-8-7-9-13(10-12)18-15(19)22-16(2,3)4/h7-11,14,17H,1-6H3,(H,18,19). The summed E-state index contributed by atoms with van der Waals surface area (Å²) >= 11 is 0. The van der Waals surface area contributed by atoms with Gasteiger partial charge in [0.15, 0.2) is 6.29 Å². The second kappa shape index (κ2) is 8.00. The van der Waals surface area contributed by atoms with Crippen LogP contribution in [0.5, 0.6) is 0 Å². The average Bonchev–Trinajstić information content (AvgIpc) is 2.38. The van der Waals surface area contributed by atoms with Crippen LogP contribution in [0.4, 0.5) is 16.2 Å². The molecule has 0 radical (unpaired) electrons. The zero-order valence-corrected chi connectivity index (χ0v) is 14.1. The average molecular weight is 310 g/mol. The maximum Gasteiger partial charge on any atom is 0.412 e. The molecule has 1 unspecified atom stereocenters. The van der Waals surface area contributed by atoms with Gasteiger partial charge in [0.1, 0.15) is 5.60 Å². The lowest BCUT2D eigenvalue weighted by Gasteiger charge is -2.23. The number of rotatable bonds is 6. The Morgan fingerprint density at radius 1 is 1.14 bits per heavy atom. The molecular formula is C16H26N2O4. The van der Waals surface area contributed by atoms with Crippen LogP contribution >= 0.6 is 0 Å². The molecule has 0 fully saturated rings. The van der Waals surface area contributed by atoms with Crippen LogP contribution in [0.1, 0.15) is 27.7 Å². The first kappa shape index (κ1) is 18.3. The summed E-state index contributed by atoms with van der Waals surface area (Å²) in [6.07, 6.45) is -0.841. The predicted molar refractivity (Wildman–Crippen MR) is 87.2 cm³/mol. The maximum absolute atomic E-state index is 11.8. The highest BCUT2D eigenvalue weighted by Gasteiger charge is 2.17. The van der Waals surface area contributed by atoms with Crippen molar-refractivity contribution in [3.63, 3.8) is 0 Å². The topological polar surface area (TPSA) is 68.8 Å². The minimum atomic E-state index is -0.529. The summed E-state index contributed by atoms with van der Waals surface area (Å²) in [6, 6.07) is 7.31. The fourth-order valence-electron chi connectivity index (χ4n) is 1.94.